The van der Waals surface area contributed by atoms with Gasteiger partial charge in [-0.15, -0.1) is 0 Å². The zero-order valence-electron chi connectivity index (χ0n) is 15.7. The predicted octanol–water partition coefficient (Wildman–Crippen LogP) is 3.07. The minimum absolute atomic E-state index is 0.144. The first-order valence-corrected chi connectivity index (χ1v) is 9.65. The van der Waals surface area contributed by atoms with Crippen LogP contribution in [0, 0.1) is 0 Å². The van der Waals surface area contributed by atoms with Crippen molar-refractivity contribution in [3.63, 3.8) is 0 Å². The van der Waals surface area contributed by atoms with Gasteiger partial charge in [0.25, 0.3) is 0 Å². The summed E-state index contributed by atoms with van der Waals surface area (Å²) in [7, 11) is 0. The summed E-state index contributed by atoms with van der Waals surface area (Å²) in [4.78, 5) is 14.8. The van der Waals surface area contributed by atoms with Crippen molar-refractivity contribution in [2.45, 2.75) is 26.4 Å². The third kappa shape index (κ3) is 3.43. The van der Waals surface area contributed by atoms with Gasteiger partial charge >= 0.3 is 0 Å². The Bertz CT molecular complexity index is 900. The maximum atomic E-state index is 12.6. The van der Waals surface area contributed by atoms with E-state index in [-0.39, 0.29) is 12.4 Å². The third-order valence-electron chi connectivity index (χ3n) is 5.51. The summed E-state index contributed by atoms with van der Waals surface area (Å²) < 4.78 is 5.99. The van der Waals surface area contributed by atoms with Gasteiger partial charge in [-0.1, -0.05) is 49.4 Å². The van der Waals surface area contributed by atoms with Crippen molar-refractivity contribution in [2.75, 3.05) is 26.2 Å². The van der Waals surface area contributed by atoms with Crippen LogP contribution < -0.4 is 0 Å². The smallest absolute Gasteiger partial charge is 0.171 e. The highest BCUT2D eigenvalue weighted by molar-refractivity contribution is 6.31. The molecule has 0 saturated heterocycles. The van der Waals surface area contributed by atoms with E-state index in [0.29, 0.717) is 19.6 Å². The van der Waals surface area contributed by atoms with E-state index in [4.69, 9.17) is 9.84 Å². The number of aliphatic hydroxyl groups is 1. The Morgan fingerprint density at radius 3 is 2.74 bits per heavy atom. The number of likely N-dealkylation sites (N-methyl/N-ethyl adjacent to an activating group) is 1. The van der Waals surface area contributed by atoms with Crippen LogP contribution in [0.5, 0.6) is 0 Å². The second-order valence-corrected chi connectivity index (χ2v) is 7.15. The van der Waals surface area contributed by atoms with Crippen LogP contribution in [-0.2, 0) is 29.0 Å². The van der Waals surface area contributed by atoms with Crippen LogP contribution in [0.25, 0.3) is 11.3 Å². The number of ketones is 1. The lowest BCUT2D eigenvalue weighted by Crippen LogP contribution is -2.28. The Morgan fingerprint density at radius 2 is 1.93 bits per heavy atom. The Labute approximate surface area is 160 Å². The zero-order valence-corrected chi connectivity index (χ0v) is 15.7. The molecule has 4 rings (SSSR count). The summed E-state index contributed by atoms with van der Waals surface area (Å²) in [5, 5.41) is 9.13. The van der Waals surface area contributed by atoms with E-state index >= 15 is 0 Å². The van der Waals surface area contributed by atoms with Crippen LogP contribution in [0.2, 0.25) is 0 Å². The maximum Gasteiger partial charge on any atom is 0.171 e. The van der Waals surface area contributed by atoms with Crippen molar-refractivity contribution in [3.05, 3.63) is 70.3 Å². The lowest BCUT2D eigenvalue weighted by atomic mass is 9.98. The number of ether oxygens (including phenoxy) is 1. The Balaban J connectivity index is 1.60. The van der Waals surface area contributed by atoms with Crippen molar-refractivity contribution >= 4 is 17.1 Å². The average molecular weight is 363 g/mol. The Hall–Kier alpha value is -2.43. The summed E-state index contributed by atoms with van der Waals surface area (Å²) in [6.45, 7) is 5.40. The van der Waals surface area contributed by atoms with Crippen LogP contribution in [0.3, 0.4) is 0 Å². The molecule has 0 saturated carbocycles. The van der Waals surface area contributed by atoms with Gasteiger partial charge in [0, 0.05) is 30.6 Å². The number of hydrogen-bond donors (Lipinski definition) is 1. The van der Waals surface area contributed by atoms with E-state index in [1.807, 2.05) is 24.3 Å². The zero-order chi connectivity index (χ0) is 18.8. The van der Waals surface area contributed by atoms with E-state index in [2.05, 4.69) is 30.0 Å². The summed E-state index contributed by atoms with van der Waals surface area (Å²) in [5.74, 6) is 0.882. The van der Waals surface area contributed by atoms with Crippen LogP contribution in [-0.4, -0.2) is 42.0 Å². The number of hydrogen-bond acceptors (Lipinski definition) is 4. The molecule has 0 aromatic heterocycles. The van der Waals surface area contributed by atoms with Crippen molar-refractivity contribution in [2.24, 2.45) is 0 Å². The van der Waals surface area contributed by atoms with Crippen LogP contribution in [0.15, 0.2) is 42.5 Å². The molecular weight excluding hydrogens is 338 g/mol. The Morgan fingerprint density at radius 1 is 1.07 bits per heavy atom. The number of carbonyl (C=O) groups is 1. The molecule has 0 bridgehead atoms. The van der Waals surface area contributed by atoms with Gasteiger partial charge < -0.3 is 14.7 Å². The summed E-state index contributed by atoms with van der Waals surface area (Å²) in [5.41, 5.74) is 6.29. The van der Waals surface area contributed by atoms with E-state index in [9.17, 15) is 4.79 Å². The summed E-state index contributed by atoms with van der Waals surface area (Å²) in [6, 6.07) is 14.4. The number of nitrogens with zero attached hydrogens (tertiary/aromatic N) is 1. The molecule has 0 spiro atoms. The first-order chi connectivity index (χ1) is 13.2. The van der Waals surface area contributed by atoms with Gasteiger partial charge in [-0.2, -0.15) is 0 Å². The van der Waals surface area contributed by atoms with Crippen LogP contribution in [0.4, 0.5) is 0 Å². The number of fused-ring (bicyclic) bond motifs is 2. The standard InChI is InChI=1S/C23H25NO3/c1-2-24(11-12-25)10-9-16-7-8-20-18(13-16)15-27-23(20)22-19-6-4-3-5-17(19)14-21(22)26/h3-8,13,25H,2,9-12,14-15H2,1H3/b23-22+. The molecule has 1 heterocycles. The molecule has 0 unspecified atom stereocenters. The SMILES string of the molecule is CCN(CCO)CCc1ccc2c(c1)CO/C2=C1/C(=O)Cc2ccccc21. The van der Waals surface area contributed by atoms with Gasteiger partial charge in [0.15, 0.2) is 5.78 Å². The molecule has 2 aromatic rings. The molecular formula is C23H25NO3. The van der Waals surface area contributed by atoms with Gasteiger partial charge in [0.2, 0.25) is 0 Å². The molecule has 0 atom stereocenters. The third-order valence-corrected chi connectivity index (χ3v) is 5.51. The van der Waals surface area contributed by atoms with E-state index < -0.39 is 0 Å². The fourth-order valence-electron chi connectivity index (χ4n) is 4.01. The highest BCUT2D eigenvalue weighted by atomic mass is 16.5. The highest BCUT2D eigenvalue weighted by Crippen LogP contribution is 2.40. The number of Topliss-reactive ketones (excluding diaryl/α,β-unsaturated/α-hetero) is 1. The molecule has 1 N–H and O–H groups in total. The van der Waals surface area contributed by atoms with Gasteiger partial charge in [0.1, 0.15) is 12.4 Å². The van der Waals surface area contributed by atoms with E-state index in [0.717, 1.165) is 53.1 Å². The normalized spacial score (nSPS) is 18.0. The molecule has 1 aliphatic heterocycles. The van der Waals surface area contributed by atoms with E-state index in [1.165, 1.54) is 5.56 Å². The van der Waals surface area contributed by atoms with Crippen LogP contribution in [0.1, 0.15) is 34.7 Å². The van der Waals surface area contributed by atoms with Crippen LogP contribution >= 0.6 is 0 Å². The molecule has 4 nitrogen and oxygen atoms in total. The summed E-state index contributed by atoms with van der Waals surface area (Å²) >= 11 is 0. The molecule has 27 heavy (non-hydrogen) atoms. The van der Waals surface area contributed by atoms with Crippen molar-refractivity contribution in [1.82, 2.24) is 4.90 Å². The average Bonchev–Trinajstić information content (AvgIpc) is 3.24. The fourth-order valence-corrected chi connectivity index (χ4v) is 4.01. The highest BCUT2D eigenvalue weighted by Gasteiger charge is 2.32. The minimum Gasteiger partial charge on any atom is -0.487 e. The van der Waals surface area contributed by atoms with Crippen molar-refractivity contribution in [1.29, 1.82) is 0 Å². The first kappa shape index (κ1) is 18.0. The lowest BCUT2D eigenvalue weighted by Gasteiger charge is -2.19. The molecule has 4 heteroatoms. The number of allylic oxidation sites excluding steroid dienone is 1. The molecule has 2 aliphatic rings. The van der Waals surface area contributed by atoms with Crippen molar-refractivity contribution in [3.8, 4) is 0 Å². The second kappa shape index (κ2) is 7.67. The summed E-state index contributed by atoms with van der Waals surface area (Å²) in [6.07, 6.45) is 1.40. The topological polar surface area (TPSA) is 49.8 Å². The first-order valence-electron chi connectivity index (χ1n) is 9.65. The quantitative estimate of drug-likeness (QED) is 0.802. The second-order valence-electron chi connectivity index (χ2n) is 7.15. The largest absolute Gasteiger partial charge is 0.487 e. The van der Waals surface area contributed by atoms with Crippen molar-refractivity contribution < 1.29 is 14.6 Å². The maximum absolute atomic E-state index is 12.6. The van der Waals surface area contributed by atoms with Gasteiger partial charge in [0.05, 0.1) is 12.2 Å². The predicted molar refractivity (Wildman–Crippen MR) is 106 cm³/mol. The molecule has 0 radical (unpaired) electrons. The number of aliphatic hydroxyl groups excluding tert-OH is 1. The minimum atomic E-state index is 0.144. The van der Waals surface area contributed by atoms with Gasteiger partial charge in [-0.25, -0.2) is 0 Å². The van der Waals surface area contributed by atoms with Gasteiger partial charge in [-0.05, 0) is 29.7 Å². The lowest BCUT2D eigenvalue weighted by molar-refractivity contribution is -0.112. The molecule has 0 amide bonds. The Kier molecular flexibility index (Phi) is 5.10. The number of benzene rings is 2. The van der Waals surface area contributed by atoms with E-state index in [1.54, 1.807) is 0 Å². The molecule has 2 aromatic carbocycles. The molecule has 1 aliphatic carbocycles. The number of carbonyl (C=O) groups excluding carboxylic acids is 1. The molecule has 0 fully saturated rings. The monoisotopic (exact) mass is 363 g/mol. The van der Waals surface area contributed by atoms with Gasteiger partial charge in [-0.3, -0.25) is 4.79 Å². The number of rotatable bonds is 6. The fraction of sp³-hybridized carbons (Fsp3) is 0.348. The molecule has 140 valence electrons.